The van der Waals surface area contributed by atoms with E-state index in [9.17, 15) is 0 Å². The van der Waals surface area contributed by atoms with Gasteiger partial charge in [-0.3, -0.25) is 0 Å². The van der Waals surface area contributed by atoms with Crippen LogP contribution in [0, 0.1) is 12.8 Å². The lowest BCUT2D eigenvalue weighted by molar-refractivity contribution is -0.000583. The predicted molar refractivity (Wildman–Crippen MR) is 68.1 cm³/mol. The Balaban J connectivity index is 2.50. The molecule has 1 atom stereocenters. The Hall–Kier alpha value is -0.860. The molecule has 1 aromatic rings. The molecule has 90 valence electrons. The Morgan fingerprint density at radius 3 is 2.31 bits per heavy atom. The highest BCUT2D eigenvalue weighted by Crippen LogP contribution is 2.17. The van der Waals surface area contributed by atoms with Gasteiger partial charge in [-0.2, -0.15) is 5.48 Å². The molecule has 2 heteroatoms. The van der Waals surface area contributed by atoms with Crippen LogP contribution in [0.2, 0.25) is 0 Å². The molecular formula is C14H23NO. The number of nitrogens with one attached hydrogen (secondary N) is 1. The van der Waals surface area contributed by atoms with Gasteiger partial charge in [-0.05, 0) is 24.8 Å². The lowest BCUT2D eigenvalue weighted by Gasteiger charge is -2.18. The van der Waals surface area contributed by atoms with E-state index < -0.39 is 0 Å². The number of aryl methyl sites for hydroxylation is 1. The Kier molecular flexibility index (Phi) is 5.50. The minimum atomic E-state index is 0.291. The van der Waals surface area contributed by atoms with E-state index in [4.69, 9.17) is 4.84 Å². The predicted octanol–water partition coefficient (Wildman–Crippen LogP) is 3.62. The molecule has 0 fully saturated rings. The average molecular weight is 221 g/mol. The first-order chi connectivity index (χ1) is 7.63. The zero-order valence-corrected chi connectivity index (χ0v) is 10.8. The van der Waals surface area contributed by atoms with E-state index in [2.05, 4.69) is 57.4 Å². The van der Waals surface area contributed by atoms with E-state index in [-0.39, 0.29) is 0 Å². The minimum absolute atomic E-state index is 0.291. The van der Waals surface area contributed by atoms with Crippen LogP contribution < -0.4 is 5.48 Å². The third-order valence-corrected chi connectivity index (χ3v) is 2.53. The molecule has 1 unspecified atom stereocenters. The summed E-state index contributed by atoms with van der Waals surface area (Å²) in [5, 5.41) is 0. The van der Waals surface area contributed by atoms with Gasteiger partial charge in [0.25, 0.3) is 0 Å². The summed E-state index contributed by atoms with van der Waals surface area (Å²) in [7, 11) is 0. The second kappa shape index (κ2) is 6.66. The summed E-state index contributed by atoms with van der Waals surface area (Å²) in [5.41, 5.74) is 5.72. The molecule has 1 rings (SSSR count). The van der Waals surface area contributed by atoms with Crippen LogP contribution in [0.5, 0.6) is 0 Å². The van der Waals surface area contributed by atoms with Crippen molar-refractivity contribution in [1.82, 2.24) is 5.48 Å². The molecule has 16 heavy (non-hydrogen) atoms. The van der Waals surface area contributed by atoms with Crippen molar-refractivity contribution in [2.24, 2.45) is 5.92 Å². The highest BCUT2D eigenvalue weighted by atomic mass is 16.6. The van der Waals surface area contributed by atoms with Crippen LogP contribution in [0.3, 0.4) is 0 Å². The van der Waals surface area contributed by atoms with E-state index >= 15 is 0 Å². The van der Waals surface area contributed by atoms with Crippen molar-refractivity contribution in [2.45, 2.75) is 40.2 Å². The van der Waals surface area contributed by atoms with Crippen molar-refractivity contribution in [1.29, 1.82) is 0 Å². The molecule has 0 saturated carbocycles. The third kappa shape index (κ3) is 4.33. The fourth-order valence-electron chi connectivity index (χ4n) is 1.50. The molecule has 0 aliphatic carbocycles. The molecule has 0 radical (unpaired) electrons. The van der Waals surface area contributed by atoms with Crippen molar-refractivity contribution in [3.05, 3.63) is 35.4 Å². The van der Waals surface area contributed by atoms with Crippen LogP contribution in [-0.2, 0) is 4.84 Å². The van der Waals surface area contributed by atoms with Crippen LogP contribution in [0.4, 0.5) is 0 Å². The zero-order chi connectivity index (χ0) is 12.0. The van der Waals surface area contributed by atoms with Crippen LogP contribution in [0.25, 0.3) is 0 Å². The molecule has 0 aromatic heterocycles. The molecule has 0 heterocycles. The number of hydrogen-bond donors (Lipinski definition) is 1. The van der Waals surface area contributed by atoms with Crippen LogP contribution in [0.15, 0.2) is 24.3 Å². The lowest BCUT2D eigenvalue weighted by atomic mass is 10.0. The number of rotatable bonds is 6. The first-order valence-electron chi connectivity index (χ1n) is 6.07. The molecular weight excluding hydrogens is 198 g/mol. The first kappa shape index (κ1) is 13.2. The summed E-state index contributed by atoms with van der Waals surface area (Å²) in [4.78, 5) is 5.48. The van der Waals surface area contributed by atoms with Gasteiger partial charge in [0.2, 0.25) is 0 Å². The standard InChI is InChI=1S/C14H23NO/c1-5-14(15-16-10-11(2)3)13-8-6-12(4)7-9-13/h6-9,11,14-15H,5,10H2,1-4H3. The van der Waals surface area contributed by atoms with Crippen LogP contribution in [-0.4, -0.2) is 6.61 Å². The van der Waals surface area contributed by atoms with Crippen molar-refractivity contribution >= 4 is 0 Å². The van der Waals surface area contributed by atoms with E-state index in [1.165, 1.54) is 11.1 Å². The molecule has 0 spiro atoms. The van der Waals surface area contributed by atoms with Gasteiger partial charge in [0.05, 0.1) is 12.6 Å². The van der Waals surface area contributed by atoms with Gasteiger partial charge < -0.3 is 4.84 Å². The quantitative estimate of drug-likeness (QED) is 0.741. The maximum atomic E-state index is 5.48. The molecule has 1 aromatic carbocycles. The first-order valence-corrected chi connectivity index (χ1v) is 6.07. The van der Waals surface area contributed by atoms with Crippen molar-refractivity contribution in [3.8, 4) is 0 Å². The summed E-state index contributed by atoms with van der Waals surface area (Å²) >= 11 is 0. The smallest absolute Gasteiger partial charge is 0.0705 e. The summed E-state index contributed by atoms with van der Waals surface area (Å²) < 4.78 is 0. The number of hydroxylamine groups is 1. The monoisotopic (exact) mass is 221 g/mol. The molecule has 0 aliphatic heterocycles. The van der Waals surface area contributed by atoms with Crippen LogP contribution in [0.1, 0.15) is 44.4 Å². The molecule has 0 amide bonds. The summed E-state index contributed by atoms with van der Waals surface area (Å²) in [6.45, 7) is 9.31. The summed E-state index contributed by atoms with van der Waals surface area (Å²) in [5.74, 6) is 0.558. The summed E-state index contributed by atoms with van der Waals surface area (Å²) in [6.07, 6.45) is 1.03. The van der Waals surface area contributed by atoms with Gasteiger partial charge in [0.15, 0.2) is 0 Å². The molecule has 2 nitrogen and oxygen atoms in total. The van der Waals surface area contributed by atoms with E-state index in [0.717, 1.165) is 13.0 Å². The van der Waals surface area contributed by atoms with E-state index in [0.29, 0.717) is 12.0 Å². The minimum Gasteiger partial charge on any atom is -0.301 e. The maximum absolute atomic E-state index is 5.48. The maximum Gasteiger partial charge on any atom is 0.0705 e. The Morgan fingerprint density at radius 2 is 1.81 bits per heavy atom. The average Bonchev–Trinajstić information content (AvgIpc) is 2.26. The van der Waals surface area contributed by atoms with Gasteiger partial charge in [0.1, 0.15) is 0 Å². The molecule has 0 bridgehead atoms. The van der Waals surface area contributed by atoms with Crippen molar-refractivity contribution in [2.75, 3.05) is 6.61 Å². The second-order valence-corrected chi connectivity index (χ2v) is 4.69. The molecule has 0 aliphatic rings. The van der Waals surface area contributed by atoms with E-state index in [1.807, 2.05) is 0 Å². The summed E-state index contributed by atoms with van der Waals surface area (Å²) in [6, 6.07) is 8.90. The van der Waals surface area contributed by atoms with Gasteiger partial charge >= 0.3 is 0 Å². The Bertz CT molecular complexity index is 292. The highest BCUT2D eigenvalue weighted by molar-refractivity contribution is 5.23. The largest absolute Gasteiger partial charge is 0.301 e. The Morgan fingerprint density at radius 1 is 1.19 bits per heavy atom. The highest BCUT2D eigenvalue weighted by Gasteiger charge is 2.08. The van der Waals surface area contributed by atoms with Crippen molar-refractivity contribution < 1.29 is 4.84 Å². The van der Waals surface area contributed by atoms with Crippen molar-refractivity contribution in [3.63, 3.8) is 0 Å². The molecule has 0 saturated heterocycles. The number of benzene rings is 1. The SMILES string of the molecule is CCC(NOCC(C)C)c1ccc(C)cc1. The van der Waals surface area contributed by atoms with E-state index in [1.54, 1.807) is 0 Å². The normalized spacial score (nSPS) is 13.1. The second-order valence-electron chi connectivity index (χ2n) is 4.69. The van der Waals surface area contributed by atoms with Gasteiger partial charge in [-0.25, -0.2) is 0 Å². The fourth-order valence-corrected chi connectivity index (χ4v) is 1.50. The van der Waals surface area contributed by atoms with Gasteiger partial charge in [0, 0.05) is 0 Å². The van der Waals surface area contributed by atoms with Crippen LogP contribution >= 0.6 is 0 Å². The lowest BCUT2D eigenvalue weighted by Crippen LogP contribution is -2.23. The van der Waals surface area contributed by atoms with Gasteiger partial charge in [-0.1, -0.05) is 50.6 Å². The topological polar surface area (TPSA) is 21.3 Å². The fraction of sp³-hybridized carbons (Fsp3) is 0.571. The van der Waals surface area contributed by atoms with Gasteiger partial charge in [-0.15, -0.1) is 0 Å². The zero-order valence-electron chi connectivity index (χ0n) is 10.8. The Labute approximate surface area is 99.0 Å². The number of hydrogen-bond acceptors (Lipinski definition) is 2. The third-order valence-electron chi connectivity index (χ3n) is 2.53. The molecule has 1 N–H and O–H groups in total.